The van der Waals surface area contributed by atoms with Crippen LogP contribution in [0.15, 0.2) is 6.07 Å². The Hall–Kier alpha value is -2.06. The van der Waals surface area contributed by atoms with Gasteiger partial charge in [-0.1, -0.05) is 0 Å². The van der Waals surface area contributed by atoms with E-state index in [1.807, 2.05) is 0 Å². The number of nitrogens with zero attached hydrogens (tertiary/aromatic N) is 1. The monoisotopic (exact) mass is 269 g/mol. The summed E-state index contributed by atoms with van der Waals surface area (Å²) in [5, 5.41) is 8.68. The number of aromatic nitrogens is 1. The van der Waals surface area contributed by atoms with Gasteiger partial charge in [0.25, 0.3) is 5.88 Å². The third-order valence-electron chi connectivity index (χ3n) is 1.81. The van der Waals surface area contributed by atoms with Gasteiger partial charge in [0.05, 0.1) is 7.11 Å². The lowest BCUT2D eigenvalue weighted by Gasteiger charge is -2.13. The topological polar surface area (TPSA) is 68.7 Å². The summed E-state index contributed by atoms with van der Waals surface area (Å²) in [5.74, 6) is -3.26. The van der Waals surface area contributed by atoms with Gasteiger partial charge in [-0.3, -0.25) is 0 Å². The second kappa shape index (κ2) is 5.07. The summed E-state index contributed by atoms with van der Waals surface area (Å²) in [7, 11) is 1.02. The Morgan fingerprint density at radius 1 is 1.50 bits per heavy atom. The van der Waals surface area contributed by atoms with Crippen molar-refractivity contribution in [3.05, 3.63) is 17.3 Å². The fourth-order valence-corrected chi connectivity index (χ4v) is 1.13. The molecule has 0 atom stereocenters. The molecule has 0 aromatic carbocycles. The SMILES string of the molecule is COc1cc(CF)c(C(=O)O)nc1OC(F)(F)F. The first-order chi connectivity index (χ1) is 8.28. The van der Waals surface area contributed by atoms with Gasteiger partial charge in [-0.15, -0.1) is 13.2 Å². The molecule has 100 valence electrons. The number of hydrogen-bond acceptors (Lipinski definition) is 4. The maximum Gasteiger partial charge on any atom is 0.574 e. The van der Waals surface area contributed by atoms with E-state index in [1.165, 1.54) is 0 Å². The molecule has 1 rings (SSSR count). The number of carboxylic acid groups (broad SMARTS) is 1. The van der Waals surface area contributed by atoms with E-state index in [1.54, 1.807) is 0 Å². The summed E-state index contributed by atoms with van der Waals surface area (Å²) >= 11 is 0. The number of carbonyl (C=O) groups is 1. The van der Waals surface area contributed by atoms with E-state index >= 15 is 0 Å². The van der Waals surface area contributed by atoms with Crippen LogP contribution in [0.25, 0.3) is 0 Å². The van der Waals surface area contributed by atoms with Crippen LogP contribution in [0.1, 0.15) is 16.1 Å². The summed E-state index contributed by atoms with van der Waals surface area (Å²) in [5.41, 5.74) is -1.27. The molecule has 0 unspecified atom stereocenters. The van der Waals surface area contributed by atoms with Crippen LogP contribution < -0.4 is 9.47 Å². The first-order valence-electron chi connectivity index (χ1n) is 4.41. The highest BCUT2D eigenvalue weighted by atomic mass is 19.4. The third kappa shape index (κ3) is 3.22. The molecule has 0 saturated carbocycles. The van der Waals surface area contributed by atoms with E-state index < -0.39 is 41.9 Å². The predicted octanol–water partition coefficient (Wildman–Crippen LogP) is 2.16. The molecule has 1 aromatic rings. The van der Waals surface area contributed by atoms with E-state index in [4.69, 9.17) is 5.11 Å². The van der Waals surface area contributed by atoms with Crippen molar-refractivity contribution in [1.82, 2.24) is 4.98 Å². The summed E-state index contributed by atoms with van der Waals surface area (Å²) in [6.45, 7) is -1.21. The summed E-state index contributed by atoms with van der Waals surface area (Å²) < 4.78 is 56.6. The lowest BCUT2D eigenvalue weighted by atomic mass is 10.2. The smallest absolute Gasteiger partial charge is 0.491 e. The Morgan fingerprint density at radius 3 is 2.50 bits per heavy atom. The minimum atomic E-state index is -5.06. The highest BCUT2D eigenvalue weighted by Crippen LogP contribution is 2.32. The van der Waals surface area contributed by atoms with E-state index in [0.29, 0.717) is 0 Å². The highest BCUT2D eigenvalue weighted by molar-refractivity contribution is 5.87. The Bertz CT molecular complexity index is 461. The summed E-state index contributed by atoms with van der Waals surface area (Å²) in [6, 6.07) is 0.789. The largest absolute Gasteiger partial charge is 0.574 e. The second-order valence-corrected chi connectivity index (χ2v) is 2.99. The Kier molecular flexibility index (Phi) is 3.94. The first kappa shape index (κ1) is 14.0. The molecule has 0 fully saturated rings. The molecule has 0 aliphatic rings. The average Bonchev–Trinajstić information content (AvgIpc) is 2.26. The van der Waals surface area contributed by atoms with Gasteiger partial charge in [-0.25, -0.2) is 14.2 Å². The number of aromatic carboxylic acids is 1. The molecule has 5 nitrogen and oxygen atoms in total. The van der Waals surface area contributed by atoms with Crippen molar-refractivity contribution in [2.45, 2.75) is 13.0 Å². The predicted molar refractivity (Wildman–Crippen MR) is 49.2 cm³/mol. The van der Waals surface area contributed by atoms with Crippen molar-refractivity contribution in [2.24, 2.45) is 0 Å². The van der Waals surface area contributed by atoms with Crippen LogP contribution in [0.4, 0.5) is 17.6 Å². The Balaban J connectivity index is 3.32. The standard InChI is InChI=1S/C9H7F4NO4/c1-17-5-2-4(3-10)6(8(15)16)14-7(5)18-9(11,12)13/h2H,3H2,1H3,(H,15,16). The van der Waals surface area contributed by atoms with Gasteiger partial charge >= 0.3 is 12.3 Å². The number of methoxy groups -OCH3 is 1. The maximum absolute atomic E-state index is 12.5. The normalized spacial score (nSPS) is 11.2. The van der Waals surface area contributed by atoms with Crippen LogP contribution in [0.2, 0.25) is 0 Å². The van der Waals surface area contributed by atoms with Crippen molar-refractivity contribution in [3.63, 3.8) is 0 Å². The lowest BCUT2D eigenvalue weighted by molar-refractivity contribution is -0.276. The van der Waals surface area contributed by atoms with Gasteiger partial charge in [0, 0.05) is 5.56 Å². The summed E-state index contributed by atoms with van der Waals surface area (Å²) in [4.78, 5) is 13.8. The molecule has 0 aliphatic heterocycles. The van der Waals surface area contributed by atoms with Crippen LogP contribution in [0, 0.1) is 0 Å². The number of pyridine rings is 1. The molecule has 0 bridgehead atoms. The van der Waals surface area contributed by atoms with E-state index in [-0.39, 0.29) is 0 Å². The van der Waals surface area contributed by atoms with Gasteiger partial charge in [-0.2, -0.15) is 0 Å². The van der Waals surface area contributed by atoms with E-state index in [2.05, 4.69) is 14.5 Å². The fraction of sp³-hybridized carbons (Fsp3) is 0.333. The third-order valence-corrected chi connectivity index (χ3v) is 1.81. The summed E-state index contributed by atoms with van der Waals surface area (Å²) in [6.07, 6.45) is -5.06. The zero-order valence-electron chi connectivity index (χ0n) is 8.92. The van der Waals surface area contributed by atoms with Crippen LogP contribution in [-0.2, 0) is 6.67 Å². The lowest BCUT2D eigenvalue weighted by Crippen LogP contribution is -2.19. The average molecular weight is 269 g/mol. The molecular formula is C9H7F4NO4. The van der Waals surface area contributed by atoms with E-state index in [9.17, 15) is 22.4 Å². The molecule has 1 aromatic heterocycles. The van der Waals surface area contributed by atoms with Crippen LogP contribution >= 0.6 is 0 Å². The Labute approximate surface area is 98.0 Å². The molecule has 18 heavy (non-hydrogen) atoms. The molecular weight excluding hydrogens is 262 g/mol. The minimum absolute atomic E-state index is 0.408. The molecule has 0 aliphatic carbocycles. The van der Waals surface area contributed by atoms with Gasteiger partial charge in [0.15, 0.2) is 11.4 Å². The molecule has 9 heteroatoms. The van der Waals surface area contributed by atoms with Gasteiger partial charge in [-0.05, 0) is 6.07 Å². The number of rotatable bonds is 4. The quantitative estimate of drug-likeness (QED) is 0.848. The van der Waals surface area contributed by atoms with Gasteiger partial charge in [0.2, 0.25) is 0 Å². The number of halogens is 4. The van der Waals surface area contributed by atoms with Crippen LogP contribution in [-0.4, -0.2) is 29.5 Å². The highest BCUT2D eigenvalue weighted by Gasteiger charge is 2.34. The number of carboxylic acids is 1. The molecule has 0 spiro atoms. The molecule has 1 N–H and O–H groups in total. The van der Waals surface area contributed by atoms with Crippen molar-refractivity contribution in [3.8, 4) is 11.6 Å². The zero-order valence-corrected chi connectivity index (χ0v) is 8.92. The molecule has 1 heterocycles. The number of alkyl halides is 4. The van der Waals surface area contributed by atoms with E-state index in [0.717, 1.165) is 13.2 Å². The van der Waals surface area contributed by atoms with Gasteiger partial charge in [0.1, 0.15) is 6.67 Å². The van der Waals surface area contributed by atoms with Crippen molar-refractivity contribution < 1.29 is 36.9 Å². The van der Waals surface area contributed by atoms with Crippen molar-refractivity contribution in [1.29, 1.82) is 0 Å². The fourth-order valence-electron chi connectivity index (χ4n) is 1.13. The molecule has 0 saturated heterocycles. The number of ether oxygens (including phenoxy) is 2. The van der Waals surface area contributed by atoms with Crippen LogP contribution in [0.5, 0.6) is 11.6 Å². The van der Waals surface area contributed by atoms with Crippen molar-refractivity contribution >= 4 is 5.97 Å². The maximum atomic E-state index is 12.5. The first-order valence-corrected chi connectivity index (χ1v) is 4.41. The Morgan fingerprint density at radius 2 is 2.11 bits per heavy atom. The van der Waals surface area contributed by atoms with Crippen molar-refractivity contribution in [2.75, 3.05) is 7.11 Å². The number of hydrogen-bond donors (Lipinski definition) is 1. The zero-order chi connectivity index (χ0) is 13.9. The van der Waals surface area contributed by atoms with Gasteiger partial charge < -0.3 is 14.6 Å². The van der Waals surface area contributed by atoms with Crippen LogP contribution in [0.3, 0.4) is 0 Å². The molecule has 0 amide bonds. The molecule has 0 radical (unpaired) electrons. The second-order valence-electron chi connectivity index (χ2n) is 2.99. The minimum Gasteiger partial charge on any atom is -0.491 e.